The Bertz CT molecular complexity index is 327. The molecule has 0 heterocycles. The molecule has 0 aromatic heterocycles. The minimum absolute atomic E-state index is 0.0871. The van der Waals surface area contributed by atoms with Crippen LogP contribution in [-0.4, -0.2) is 26.5 Å². The molecule has 6 N–H and O–H groups in total. The number of phenolic OH excluding ortho intramolecular Hbond substituents is 2. The molecule has 0 aliphatic rings. The lowest BCUT2D eigenvalue weighted by Gasteiger charge is -2.00. The molecule has 0 radical (unpaired) electrons. The van der Waals surface area contributed by atoms with E-state index in [0.29, 0.717) is 13.0 Å². The lowest BCUT2D eigenvalue weighted by Crippen LogP contribution is -2.02. The molecular formula is C8H13NO5P+. The maximum Gasteiger partial charge on any atom is 0.692 e. The van der Waals surface area contributed by atoms with Gasteiger partial charge in [0.1, 0.15) is 0 Å². The largest absolute Gasteiger partial charge is 0.692 e. The summed E-state index contributed by atoms with van der Waals surface area (Å²) < 4.78 is 8.70. The van der Waals surface area contributed by atoms with Gasteiger partial charge in [0, 0.05) is 4.57 Å². The Labute approximate surface area is 87.6 Å². The smallest absolute Gasteiger partial charge is 0.504 e. The summed E-state index contributed by atoms with van der Waals surface area (Å²) in [5.74, 6) is -0.179. The van der Waals surface area contributed by atoms with Gasteiger partial charge in [-0.15, -0.1) is 9.79 Å². The van der Waals surface area contributed by atoms with Gasteiger partial charge in [-0.05, 0) is 30.7 Å². The van der Waals surface area contributed by atoms with Gasteiger partial charge < -0.3 is 15.9 Å². The molecule has 0 atom stereocenters. The number of nitrogens with two attached hydrogens (primary N) is 1. The van der Waals surface area contributed by atoms with Crippen LogP contribution in [0.3, 0.4) is 0 Å². The maximum atomic E-state index is 9.04. The lowest BCUT2D eigenvalue weighted by atomic mass is 10.1. The first kappa shape index (κ1) is 13.8. The molecule has 6 nitrogen and oxygen atoms in total. The molecular weight excluding hydrogens is 221 g/mol. The van der Waals surface area contributed by atoms with E-state index in [-0.39, 0.29) is 11.5 Å². The Hall–Kier alpha value is -1.20. The van der Waals surface area contributed by atoms with E-state index < -0.39 is 8.25 Å². The van der Waals surface area contributed by atoms with E-state index in [1.165, 1.54) is 12.1 Å². The van der Waals surface area contributed by atoms with E-state index in [1.54, 1.807) is 6.07 Å². The van der Waals surface area contributed by atoms with Crippen molar-refractivity contribution in [3.8, 4) is 11.5 Å². The number of hydrogen-bond donors (Lipinski definition) is 5. The van der Waals surface area contributed by atoms with E-state index in [9.17, 15) is 0 Å². The second-order valence-corrected chi connectivity index (χ2v) is 3.12. The second kappa shape index (κ2) is 7.14. The molecule has 0 aliphatic carbocycles. The van der Waals surface area contributed by atoms with E-state index in [2.05, 4.69) is 0 Å². The van der Waals surface area contributed by atoms with Crippen LogP contribution in [0, 0.1) is 0 Å². The van der Waals surface area contributed by atoms with Crippen molar-refractivity contribution in [1.82, 2.24) is 0 Å². The molecule has 0 saturated carbocycles. The fraction of sp³-hybridized carbons (Fsp3) is 0.250. The van der Waals surface area contributed by atoms with Crippen molar-refractivity contribution < 1.29 is 24.6 Å². The Kier molecular flexibility index (Phi) is 6.57. The minimum atomic E-state index is -2.87. The van der Waals surface area contributed by atoms with E-state index >= 15 is 0 Å². The zero-order valence-corrected chi connectivity index (χ0v) is 8.76. The van der Waals surface area contributed by atoms with Crippen LogP contribution in [0.25, 0.3) is 0 Å². The Balaban J connectivity index is 0.000000423. The summed E-state index contributed by atoms with van der Waals surface area (Å²) in [4.78, 5) is 14.2. The first-order valence-electron chi connectivity index (χ1n) is 4.03. The third-order valence-electron chi connectivity index (χ3n) is 1.47. The van der Waals surface area contributed by atoms with Crippen LogP contribution in [0.15, 0.2) is 18.2 Å². The van der Waals surface area contributed by atoms with Gasteiger partial charge in [-0.3, -0.25) is 0 Å². The zero-order valence-electron chi connectivity index (χ0n) is 7.87. The second-order valence-electron chi connectivity index (χ2n) is 2.61. The topological polar surface area (TPSA) is 124 Å². The Morgan fingerprint density at radius 2 is 1.73 bits per heavy atom. The molecule has 0 saturated heterocycles. The third kappa shape index (κ3) is 6.82. The first-order chi connectivity index (χ1) is 6.97. The van der Waals surface area contributed by atoms with Gasteiger partial charge in [0.05, 0.1) is 0 Å². The Morgan fingerprint density at radius 3 is 2.13 bits per heavy atom. The van der Waals surface area contributed by atoms with Crippen LogP contribution in [0.5, 0.6) is 11.5 Å². The van der Waals surface area contributed by atoms with Crippen LogP contribution < -0.4 is 5.73 Å². The molecule has 0 bridgehead atoms. The minimum Gasteiger partial charge on any atom is -0.504 e. The highest BCUT2D eigenvalue weighted by Crippen LogP contribution is 2.24. The average Bonchev–Trinajstić information content (AvgIpc) is 2.11. The molecule has 0 amide bonds. The van der Waals surface area contributed by atoms with E-state index in [1.807, 2.05) is 0 Å². The highest BCUT2D eigenvalue weighted by Gasteiger charge is 1.98. The third-order valence-corrected chi connectivity index (χ3v) is 1.47. The lowest BCUT2D eigenvalue weighted by molar-refractivity contribution is 0.403. The highest BCUT2D eigenvalue weighted by molar-refractivity contribution is 7.30. The number of aromatic hydroxyl groups is 2. The fourth-order valence-electron chi connectivity index (χ4n) is 0.891. The van der Waals surface area contributed by atoms with Crippen LogP contribution >= 0.6 is 8.25 Å². The summed E-state index contributed by atoms with van der Waals surface area (Å²) in [7, 11) is -2.87. The van der Waals surface area contributed by atoms with Gasteiger partial charge >= 0.3 is 8.25 Å². The van der Waals surface area contributed by atoms with E-state index in [0.717, 1.165) is 5.56 Å². The van der Waals surface area contributed by atoms with Crippen LogP contribution in [0.2, 0.25) is 0 Å². The fourth-order valence-corrected chi connectivity index (χ4v) is 0.891. The zero-order chi connectivity index (χ0) is 11.8. The summed E-state index contributed by atoms with van der Waals surface area (Å²) in [6, 6.07) is 4.71. The Morgan fingerprint density at radius 1 is 1.20 bits per heavy atom. The molecule has 0 spiro atoms. The average molecular weight is 234 g/mol. The molecule has 0 unspecified atom stereocenters. The van der Waals surface area contributed by atoms with Crippen molar-refractivity contribution in [3.05, 3.63) is 23.8 Å². The maximum absolute atomic E-state index is 9.04. The van der Waals surface area contributed by atoms with Crippen molar-refractivity contribution in [2.75, 3.05) is 6.54 Å². The quantitative estimate of drug-likeness (QED) is 0.368. The molecule has 15 heavy (non-hydrogen) atoms. The molecule has 1 aromatic carbocycles. The molecule has 84 valence electrons. The van der Waals surface area contributed by atoms with Crippen molar-refractivity contribution in [2.45, 2.75) is 6.42 Å². The van der Waals surface area contributed by atoms with Crippen molar-refractivity contribution in [2.24, 2.45) is 5.73 Å². The van der Waals surface area contributed by atoms with Crippen molar-refractivity contribution in [1.29, 1.82) is 0 Å². The molecule has 7 heteroatoms. The first-order valence-corrected chi connectivity index (χ1v) is 5.19. The van der Waals surface area contributed by atoms with Gasteiger partial charge in [0.15, 0.2) is 11.5 Å². The summed E-state index contributed by atoms with van der Waals surface area (Å²) in [6.07, 6.45) is 0.716. The molecule has 1 rings (SSSR count). The van der Waals surface area contributed by atoms with Gasteiger partial charge in [0.2, 0.25) is 0 Å². The normalized spacial score (nSPS) is 9.00. The number of benzene rings is 1. The predicted molar refractivity (Wildman–Crippen MR) is 54.6 cm³/mol. The number of phenols is 2. The van der Waals surface area contributed by atoms with Crippen LogP contribution in [0.4, 0.5) is 0 Å². The van der Waals surface area contributed by atoms with Gasteiger partial charge in [-0.25, -0.2) is 0 Å². The molecule has 1 aromatic rings. The van der Waals surface area contributed by atoms with Gasteiger partial charge in [-0.1, -0.05) is 6.07 Å². The monoisotopic (exact) mass is 234 g/mol. The summed E-state index contributed by atoms with van der Waals surface area (Å²) in [5, 5.41) is 18.0. The standard InChI is InChI=1S/C8H11NO2.HO3P/c9-4-3-6-1-2-7(10)8(11)5-6;1-4(2)3/h1-2,5,10-11H,3-4,9H2;(H-,1,2,3)/p+1. The number of hydrogen-bond acceptors (Lipinski definition) is 4. The van der Waals surface area contributed by atoms with Crippen LogP contribution in [0.1, 0.15) is 5.56 Å². The summed E-state index contributed by atoms with van der Waals surface area (Å²) in [5.41, 5.74) is 6.24. The van der Waals surface area contributed by atoms with E-state index in [4.69, 9.17) is 30.3 Å². The molecule has 0 aliphatic heterocycles. The van der Waals surface area contributed by atoms with Crippen molar-refractivity contribution in [3.63, 3.8) is 0 Å². The van der Waals surface area contributed by atoms with Gasteiger partial charge in [-0.2, -0.15) is 0 Å². The van der Waals surface area contributed by atoms with Crippen LogP contribution in [-0.2, 0) is 11.0 Å². The highest BCUT2D eigenvalue weighted by atomic mass is 31.1. The van der Waals surface area contributed by atoms with Gasteiger partial charge in [0.25, 0.3) is 0 Å². The van der Waals surface area contributed by atoms with Crippen molar-refractivity contribution >= 4 is 8.25 Å². The SMILES string of the molecule is NCCc1ccc(O)c(O)c1.O=[P+](O)O. The number of rotatable bonds is 2. The molecule has 0 fully saturated rings. The predicted octanol–water partition coefficient (Wildman–Crippen LogP) is 0.227. The summed E-state index contributed by atoms with van der Waals surface area (Å²) in [6.45, 7) is 0.546. The summed E-state index contributed by atoms with van der Waals surface area (Å²) >= 11 is 0.